The number of allylic oxidation sites excluding steroid dienone is 1. The maximum Gasteiger partial charge on any atom is 0.130 e. The Bertz CT molecular complexity index is 631. The molecule has 2 aromatic rings. The van der Waals surface area contributed by atoms with Crippen LogP contribution in [0.5, 0.6) is 0 Å². The van der Waals surface area contributed by atoms with Crippen LogP contribution in [0.2, 0.25) is 5.02 Å². The zero-order valence-electron chi connectivity index (χ0n) is 11.7. The summed E-state index contributed by atoms with van der Waals surface area (Å²) in [5.41, 5.74) is 1.58. The van der Waals surface area contributed by atoms with Gasteiger partial charge in [-0.3, -0.25) is 0 Å². The van der Waals surface area contributed by atoms with E-state index in [-0.39, 0.29) is 0 Å². The number of carbonyl (C=O) groups excluding carboxylic acids is 1. The number of benzene rings is 2. The van der Waals surface area contributed by atoms with Crippen molar-refractivity contribution in [3.05, 3.63) is 75.2 Å². The van der Waals surface area contributed by atoms with Gasteiger partial charge in [-0.2, -0.15) is 0 Å². The largest absolute Gasteiger partial charge is 0.302 e. The second-order valence-electron chi connectivity index (χ2n) is 5.20. The highest BCUT2D eigenvalue weighted by molar-refractivity contribution is 9.10. The minimum Gasteiger partial charge on any atom is -0.302 e. The number of hydrogen-bond acceptors (Lipinski definition) is 1. The summed E-state index contributed by atoms with van der Waals surface area (Å²) in [7, 11) is 0. The van der Waals surface area contributed by atoms with Gasteiger partial charge in [-0.1, -0.05) is 63.9 Å². The number of rotatable bonds is 5. The smallest absolute Gasteiger partial charge is 0.130 e. The van der Waals surface area contributed by atoms with Crippen molar-refractivity contribution in [2.75, 3.05) is 0 Å². The molecule has 1 nitrogen and oxygen atoms in total. The molecule has 0 saturated heterocycles. The fourth-order valence-electron chi connectivity index (χ4n) is 2.08. The lowest BCUT2D eigenvalue weighted by molar-refractivity contribution is -0.112. The highest BCUT2D eigenvalue weighted by atomic mass is 79.9. The van der Waals surface area contributed by atoms with Crippen molar-refractivity contribution in [3.8, 4) is 0 Å². The molecule has 108 valence electrons. The Labute approximate surface area is 138 Å². The lowest BCUT2D eigenvalue weighted by Gasteiger charge is -2.22. The van der Waals surface area contributed by atoms with E-state index < -0.39 is 5.41 Å². The van der Waals surface area contributed by atoms with Crippen LogP contribution in [-0.2, 0) is 10.2 Å². The molecular formula is C18H16BrClO. The van der Waals surface area contributed by atoms with Gasteiger partial charge in [0.2, 0.25) is 0 Å². The van der Waals surface area contributed by atoms with Crippen molar-refractivity contribution in [1.29, 1.82) is 0 Å². The quantitative estimate of drug-likeness (QED) is 0.626. The van der Waals surface area contributed by atoms with Crippen LogP contribution in [-0.4, -0.2) is 6.29 Å². The van der Waals surface area contributed by atoms with Gasteiger partial charge in [0.25, 0.3) is 0 Å². The predicted molar refractivity (Wildman–Crippen MR) is 92.7 cm³/mol. The van der Waals surface area contributed by atoms with Crippen LogP contribution in [0.25, 0.3) is 6.08 Å². The van der Waals surface area contributed by atoms with Crippen molar-refractivity contribution >= 4 is 39.9 Å². The van der Waals surface area contributed by atoms with E-state index in [4.69, 9.17) is 11.6 Å². The van der Waals surface area contributed by atoms with Crippen LogP contribution in [0.4, 0.5) is 0 Å². The molecule has 0 heterocycles. The van der Waals surface area contributed by atoms with Crippen molar-refractivity contribution in [2.24, 2.45) is 0 Å². The Morgan fingerprint density at radius 3 is 2.29 bits per heavy atom. The van der Waals surface area contributed by atoms with Crippen molar-refractivity contribution in [3.63, 3.8) is 0 Å². The first-order valence-corrected chi connectivity index (χ1v) is 7.85. The summed E-state index contributed by atoms with van der Waals surface area (Å²) >= 11 is 9.27. The van der Waals surface area contributed by atoms with E-state index in [0.717, 1.165) is 26.9 Å². The molecule has 0 aliphatic rings. The molecule has 0 fully saturated rings. The van der Waals surface area contributed by atoms with Gasteiger partial charge in [0.1, 0.15) is 6.29 Å². The zero-order valence-corrected chi connectivity index (χ0v) is 14.1. The van der Waals surface area contributed by atoms with Crippen LogP contribution in [0.1, 0.15) is 24.5 Å². The molecule has 0 saturated carbocycles. The molecule has 0 bridgehead atoms. The fourth-order valence-corrected chi connectivity index (χ4v) is 2.47. The molecule has 2 aromatic carbocycles. The van der Waals surface area contributed by atoms with E-state index in [0.29, 0.717) is 6.42 Å². The first-order chi connectivity index (χ1) is 10.0. The van der Waals surface area contributed by atoms with E-state index in [1.165, 1.54) is 0 Å². The second-order valence-corrected chi connectivity index (χ2v) is 6.55. The fraction of sp³-hybridized carbons (Fsp3) is 0.167. The Morgan fingerprint density at radius 2 is 1.71 bits per heavy atom. The van der Waals surface area contributed by atoms with Crippen LogP contribution in [0, 0.1) is 0 Å². The average molecular weight is 364 g/mol. The molecule has 0 aliphatic heterocycles. The number of hydrogen-bond donors (Lipinski definition) is 0. The van der Waals surface area contributed by atoms with Gasteiger partial charge in [-0.15, -0.1) is 0 Å². The van der Waals surface area contributed by atoms with Gasteiger partial charge in [-0.25, -0.2) is 0 Å². The van der Waals surface area contributed by atoms with Gasteiger partial charge >= 0.3 is 0 Å². The lowest BCUT2D eigenvalue weighted by atomic mass is 9.81. The van der Waals surface area contributed by atoms with Gasteiger partial charge in [-0.05, 0) is 48.7 Å². The summed E-state index contributed by atoms with van der Waals surface area (Å²) in [6, 6.07) is 15.5. The van der Waals surface area contributed by atoms with E-state index >= 15 is 0 Å². The Morgan fingerprint density at radius 1 is 1.10 bits per heavy atom. The second kappa shape index (κ2) is 7.06. The molecule has 1 atom stereocenters. The Balaban J connectivity index is 2.13. The van der Waals surface area contributed by atoms with E-state index in [1.54, 1.807) is 0 Å². The molecule has 21 heavy (non-hydrogen) atoms. The Kier molecular flexibility index (Phi) is 5.38. The zero-order chi connectivity index (χ0) is 15.3. The van der Waals surface area contributed by atoms with Crippen molar-refractivity contribution < 1.29 is 4.79 Å². The summed E-state index contributed by atoms with van der Waals surface area (Å²) < 4.78 is 1.01. The monoisotopic (exact) mass is 362 g/mol. The van der Waals surface area contributed by atoms with E-state index in [2.05, 4.69) is 15.9 Å². The van der Waals surface area contributed by atoms with Crippen molar-refractivity contribution in [1.82, 2.24) is 0 Å². The predicted octanol–water partition coefficient (Wildman–Crippen LogP) is 5.66. The summed E-state index contributed by atoms with van der Waals surface area (Å²) in [4.78, 5) is 11.5. The van der Waals surface area contributed by atoms with E-state index in [1.807, 2.05) is 67.6 Å². The standard InChI is InChI=1S/C18H16BrClO/c1-18(13-21,15-6-8-16(19)9-7-15)12-2-3-14-4-10-17(20)11-5-14/h2-11,13H,12H2,1H3/b3-2+/t18-/m1/s1. The van der Waals surface area contributed by atoms with Crippen LogP contribution in [0.15, 0.2) is 59.1 Å². The molecule has 0 amide bonds. The molecule has 0 aromatic heterocycles. The molecule has 2 rings (SSSR count). The van der Waals surface area contributed by atoms with Crippen LogP contribution >= 0.6 is 27.5 Å². The minimum atomic E-state index is -0.510. The van der Waals surface area contributed by atoms with Crippen molar-refractivity contribution in [2.45, 2.75) is 18.8 Å². The topological polar surface area (TPSA) is 17.1 Å². The SMILES string of the molecule is C[C@](C=O)(C/C=C/c1ccc(Cl)cc1)c1ccc(Br)cc1. The maximum absolute atomic E-state index is 11.5. The van der Waals surface area contributed by atoms with Gasteiger partial charge in [0.05, 0.1) is 5.41 Å². The maximum atomic E-state index is 11.5. The first kappa shape index (κ1) is 16.0. The first-order valence-electron chi connectivity index (χ1n) is 6.68. The average Bonchev–Trinajstić information content (AvgIpc) is 2.50. The van der Waals surface area contributed by atoms with Gasteiger partial charge in [0, 0.05) is 9.50 Å². The lowest BCUT2D eigenvalue weighted by Crippen LogP contribution is -2.22. The third kappa shape index (κ3) is 4.29. The summed E-state index contributed by atoms with van der Waals surface area (Å²) in [5, 5.41) is 0.722. The third-order valence-electron chi connectivity index (χ3n) is 3.49. The molecular weight excluding hydrogens is 348 g/mol. The third-order valence-corrected chi connectivity index (χ3v) is 4.27. The summed E-state index contributed by atoms with van der Waals surface area (Å²) in [6.45, 7) is 1.95. The normalized spacial score (nSPS) is 14.0. The number of halogens is 2. The molecule has 0 unspecified atom stereocenters. The number of aldehydes is 1. The van der Waals surface area contributed by atoms with E-state index in [9.17, 15) is 4.79 Å². The van der Waals surface area contributed by atoms with Crippen LogP contribution in [0.3, 0.4) is 0 Å². The summed E-state index contributed by atoms with van der Waals surface area (Å²) in [5.74, 6) is 0. The minimum absolute atomic E-state index is 0.510. The molecule has 0 spiro atoms. The van der Waals surface area contributed by atoms with Crippen LogP contribution < -0.4 is 0 Å². The van der Waals surface area contributed by atoms with Gasteiger partial charge in [0.15, 0.2) is 0 Å². The molecule has 0 aliphatic carbocycles. The summed E-state index contributed by atoms with van der Waals surface area (Å²) in [6.07, 6.45) is 5.71. The Hall–Kier alpha value is -1.38. The number of carbonyl (C=O) groups is 1. The highest BCUT2D eigenvalue weighted by Gasteiger charge is 2.24. The molecule has 0 radical (unpaired) electrons. The molecule has 3 heteroatoms. The van der Waals surface area contributed by atoms with Gasteiger partial charge < -0.3 is 4.79 Å². The highest BCUT2D eigenvalue weighted by Crippen LogP contribution is 2.27. The molecule has 0 N–H and O–H groups in total.